The Morgan fingerprint density at radius 2 is 1.92 bits per heavy atom. The van der Waals surface area contributed by atoms with Crippen LogP contribution in [0.3, 0.4) is 0 Å². The second-order valence-electron chi connectivity index (χ2n) is 2.55. The number of nitrogens with two attached hydrogens (primary N) is 1. The number of alkyl halides is 1. The van der Waals surface area contributed by atoms with Crippen molar-refractivity contribution < 1.29 is 9.50 Å². The Hall–Kier alpha value is -0.130. The molecule has 0 saturated heterocycles. The van der Waals surface area contributed by atoms with Crippen LogP contribution in [0.25, 0.3) is 0 Å². The monoisotopic (exact) mass is 311 g/mol. The summed E-state index contributed by atoms with van der Waals surface area (Å²) in [6, 6.07) is 2.56. The van der Waals surface area contributed by atoms with Crippen molar-refractivity contribution >= 4 is 31.9 Å². The first-order valence-electron chi connectivity index (χ1n) is 3.56. The minimum atomic E-state index is -0.799. The third kappa shape index (κ3) is 2.21. The van der Waals surface area contributed by atoms with E-state index in [4.69, 9.17) is 5.73 Å². The molecule has 0 aliphatic carbocycles. The maximum Gasteiger partial charge on any atom is 0.135 e. The van der Waals surface area contributed by atoms with Crippen LogP contribution in [-0.2, 0) is 0 Å². The quantitative estimate of drug-likeness (QED) is 0.882. The summed E-state index contributed by atoms with van der Waals surface area (Å²) in [7, 11) is 0. The number of phenols is 1. The average molecular weight is 313 g/mol. The van der Waals surface area contributed by atoms with E-state index < -0.39 is 12.7 Å². The first-order valence-corrected chi connectivity index (χ1v) is 5.15. The van der Waals surface area contributed by atoms with Crippen molar-refractivity contribution in [2.75, 3.05) is 6.67 Å². The Kier molecular flexibility index (Phi) is 3.70. The standard InChI is InChI=1S/C8H8Br2FNO/c9-4-1-2-5(10)8(13)7(4)6(12)3-11/h1-2,6,13H,3,12H2/t6-/m1/s1. The van der Waals surface area contributed by atoms with Gasteiger partial charge in [0.1, 0.15) is 12.4 Å². The highest BCUT2D eigenvalue weighted by Gasteiger charge is 2.16. The molecule has 1 atom stereocenters. The lowest BCUT2D eigenvalue weighted by molar-refractivity contribution is 0.412. The molecule has 2 nitrogen and oxygen atoms in total. The molecule has 0 saturated carbocycles. The fraction of sp³-hybridized carbons (Fsp3) is 0.250. The Bertz CT molecular complexity index is 319. The molecule has 0 spiro atoms. The fourth-order valence-corrected chi connectivity index (χ4v) is 1.95. The van der Waals surface area contributed by atoms with E-state index >= 15 is 0 Å². The normalized spacial score (nSPS) is 12.9. The minimum Gasteiger partial charge on any atom is -0.506 e. The van der Waals surface area contributed by atoms with E-state index in [2.05, 4.69) is 31.9 Å². The SMILES string of the molecule is N[C@H](CF)c1c(Br)ccc(Br)c1O. The molecule has 3 N–H and O–H groups in total. The molecule has 13 heavy (non-hydrogen) atoms. The van der Waals surface area contributed by atoms with Gasteiger partial charge in [-0.05, 0) is 28.1 Å². The Balaban J connectivity index is 3.25. The van der Waals surface area contributed by atoms with Crippen molar-refractivity contribution in [1.29, 1.82) is 0 Å². The lowest BCUT2D eigenvalue weighted by Crippen LogP contribution is -2.13. The smallest absolute Gasteiger partial charge is 0.135 e. The first kappa shape index (κ1) is 10.9. The molecular formula is C8H8Br2FNO. The highest BCUT2D eigenvalue weighted by Crippen LogP contribution is 2.36. The highest BCUT2D eigenvalue weighted by atomic mass is 79.9. The molecule has 0 fully saturated rings. The summed E-state index contributed by atoms with van der Waals surface area (Å²) < 4.78 is 13.4. The Morgan fingerprint density at radius 3 is 2.46 bits per heavy atom. The van der Waals surface area contributed by atoms with Crippen molar-refractivity contribution in [2.45, 2.75) is 6.04 Å². The van der Waals surface area contributed by atoms with Gasteiger partial charge in [-0.2, -0.15) is 0 Å². The molecule has 0 bridgehead atoms. The number of phenolic OH excluding ortho intramolecular Hbond substituents is 1. The van der Waals surface area contributed by atoms with Crippen molar-refractivity contribution in [3.63, 3.8) is 0 Å². The van der Waals surface area contributed by atoms with Gasteiger partial charge in [0.15, 0.2) is 0 Å². The van der Waals surface area contributed by atoms with Crippen molar-refractivity contribution in [2.24, 2.45) is 5.73 Å². The van der Waals surface area contributed by atoms with Gasteiger partial charge in [-0.1, -0.05) is 15.9 Å². The maximum absolute atomic E-state index is 12.3. The van der Waals surface area contributed by atoms with Crippen molar-refractivity contribution in [1.82, 2.24) is 0 Å². The van der Waals surface area contributed by atoms with Crippen LogP contribution in [0.4, 0.5) is 4.39 Å². The Labute approximate surface area is 92.2 Å². The van der Waals surface area contributed by atoms with E-state index in [1.165, 1.54) is 0 Å². The van der Waals surface area contributed by atoms with Gasteiger partial charge < -0.3 is 10.8 Å². The lowest BCUT2D eigenvalue weighted by Gasteiger charge is -2.12. The molecular weight excluding hydrogens is 305 g/mol. The number of hydrogen-bond acceptors (Lipinski definition) is 2. The van der Waals surface area contributed by atoms with Crippen molar-refractivity contribution in [3.05, 3.63) is 26.6 Å². The number of rotatable bonds is 2. The second kappa shape index (κ2) is 4.39. The highest BCUT2D eigenvalue weighted by molar-refractivity contribution is 9.11. The van der Waals surface area contributed by atoms with Crippen LogP contribution in [0.5, 0.6) is 5.75 Å². The van der Waals surface area contributed by atoms with Crippen LogP contribution in [0.2, 0.25) is 0 Å². The van der Waals surface area contributed by atoms with Crippen LogP contribution in [0.15, 0.2) is 21.1 Å². The molecule has 0 unspecified atom stereocenters. The van der Waals surface area contributed by atoms with Gasteiger partial charge in [0, 0.05) is 10.0 Å². The van der Waals surface area contributed by atoms with Gasteiger partial charge in [-0.3, -0.25) is 0 Å². The molecule has 5 heteroatoms. The van der Waals surface area contributed by atoms with Crippen LogP contribution in [0, 0.1) is 0 Å². The first-order chi connectivity index (χ1) is 6.07. The van der Waals surface area contributed by atoms with E-state index in [1.54, 1.807) is 12.1 Å². The predicted octanol–water partition coefficient (Wildman–Crippen LogP) is 2.89. The third-order valence-electron chi connectivity index (χ3n) is 1.65. The van der Waals surface area contributed by atoms with Crippen LogP contribution < -0.4 is 5.73 Å². The summed E-state index contributed by atoms with van der Waals surface area (Å²) in [6.07, 6.45) is 0. The van der Waals surface area contributed by atoms with Gasteiger partial charge in [0.25, 0.3) is 0 Å². The van der Waals surface area contributed by atoms with E-state index in [9.17, 15) is 9.50 Å². The molecule has 1 aromatic carbocycles. The van der Waals surface area contributed by atoms with Gasteiger partial charge in [0.2, 0.25) is 0 Å². The second-order valence-corrected chi connectivity index (χ2v) is 4.26. The molecule has 0 amide bonds. The summed E-state index contributed by atoms with van der Waals surface area (Å²) in [5, 5.41) is 9.56. The van der Waals surface area contributed by atoms with E-state index in [-0.39, 0.29) is 5.75 Å². The number of aromatic hydroxyl groups is 1. The molecule has 0 heterocycles. The third-order valence-corrected chi connectivity index (χ3v) is 2.98. The zero-order chi connectivity index (χ0) is 10.0. The number of hydrogen-bond donors (Lipinski definition) is 2. The van der Waals surface area contributed by atoms with Crippen molar-refractivity contribution in [3.8, 4) is 5.75 Å². The van der Waals surface area contributed by atoms with E-state index in [1.807, 2.05) is 0 Å². The Morgan fingerprint density at radius 1 is 1.38 bits per heavy atom. The number of halogens is 3. The largest absolute Gasteiger partial charge is 0.506 e. The summed E-state index contributed by atoms with van der Waals surface area (Å²) in [5.41, 5.74) is 5.86. The van der Waals surface area contributed by atoms with Crippen LogP contribution >= 0.6 is 31.9 Å². The van der Waals surface area contributed by atoms with Crippen LogP contribution in [-0.4, -0.2) is 11.8 Å². The summed E-state index contributed by atoms with van der Waals surface area (Å²) in [6.45, 7) is -0.706. The van der Waals surface area contributed by atoms with Gasteiger partial charge in [-0.15, -0.1) is 0 Å². The predicted molar refractivity (Wildman–Crippen MR) is 56.4 cm³/mol. The summed E-state index contributed by atoms with van der Waals surface area (Å²) in [4.78, 5) is 0. The molecule has 72 valence electrons. The molecule has 1 rings (SSSR count). The molecule has 0 radical (unpaired) electrons. The van der Waals surface area contributed by atoms with Gasteiger partial charge >= 0.3 is 0 Å². The zero-order valence-electron chi connectivity index (χ0n) is 6.60. The zero-order valence-corrected chi connectivity index (χ0v) is 9.77. The molecule has 1 aromatic rings. The molecule has 0 aliphatic heterocycles. The topological polar surface area (TPSA) is 46.2 Å². The lowest BCUT2D eigenvalue weighted by atomic mass is 10.1. The summed E-state index contributed by atoms with van der Waals surface area (Å²) >= 11 is 6.32. The molecule has 0 aromatic heterocycles. The molecule has 0 aliphatic rings. The van der Waals surface area contributed by atoms with E-state index in [0.29, 0.717) is 14.5 Å². The average Bonchev–Trinajstić information content (AvgIpc) is 2.12. The fourth-order valence-electron chi connectivity index (χ4n) is 0.987. The minimum absolute atomic E-state index is 0.0143. The number of benzene rings is 1. The summed E-state index contributed by atoms with van der Waals surface area (Å²) in [5.74, 6) is -0.0143. The van der Waals surface area contributed by atoms with Crippen LogP contribution in [0.1, 0.15) is 11.6 Å². The van der Waals surface area contributed by atoms with Gasteiger partial charge in [0.05, 0.1) is 10.5 Å². The maximum atomic E-state index is 12.3. The van der Waals surface area contributed by atoms with Gasteiger partial charge in [-0.25, -0.2) is 4.39 Å². The van der Waals surface area contributed by atoms with E-state index in [0.717, 1.165) is 0 Å².